The van der Waals surface area contributed by atoms with E-state index in [4.69, 9.17) is 5.73 Å². The molecule has 0 fully saturated rings. The van der Waals surface area contributed by atoms with Crippen molar-refractivity contribution in [3.05, 3.63) is 127 Å². The summed E-state index contributed by atoms with van der Waals surface area (Å²) >= 11 is 0. The van der Waals surface area contributed by atoms with Crippen LogP contribution in [0.4, 0.5) is 0 Å². The monoisotopic (exact) mass is 705 g/mol. The average Bonchev–Trinajstić information content (AvgIpc) is 3.16. The summed E-state index contributed by atoms with van der Waals surface area (Å²) in [6.07, 6.45) is 11.1. The number of benzene rings is 3. The molecule has 0 aliphatic heterocycles. The summed E-state index contributed by atoms with van der Waals surface area (Å²) in [6.45, 7) is 11.5. The summed E-state index contributed by atoms with van der Waals surface area (Å²) in [5, 5.41) is 1.35. The Morgan fingerprint density at radius 3 is 1.38 bits per heavy atom. The second-order valence-electron chi connectivity index (χ2n) is 9.53. The fourth-order valence-electron chi connectivity index (χ4n) is 3.81. The van der Waals surface area contributed by atoms with Gasteiger partial charge < -0.3 is 13.2 Å². The van der Waals surface area contributed by atoms with Crippen LogP contribution in [-0.2, 0) is 25.8 Å². The van der Waals surface area contributed by atoms with Crippen molar-refractivity contribution in [2.75, 3.05) is 6.54 Å². The van der Waals surface area contributed by atoms with Gasteiger partial charge in [0.2, 0.25) is 0 Å². The van der Waals surface area contributed by atoms with Gasteiger partial charge in [-0.3, -0.25) is 6.08 Å². The zero-order valence-corrected chi connectivity index (χ0v) is 30.4. The van der Waals surface area contributed by atoms with Crippen molar-refractivity contribution in [3.8, 4) is 11.1 Å². The maximum Gasteiger partial charge on any atom is 0.0477 e. The van der Waals surface area contributed by atoms with Crippen LogP contribution in [0.1, 0.15) is 73.1 Å². The van der Waals surface area contributed by atoms with Crippen LogP contribution in [0.15, 0.2) is 108 Å². The topological polar surface area (TPSA) is 23.8 Å². The Morgan fingerprint density at radius 2 is 1.10 bits per heavy atom. The maximum atomic E-state index is 6.88. The minimum absolute atomic E-state index is 0. The Balaban J connectivity index is 0. The van der Waals surface area contributed by atoms with Gasteiger partial charge in [-0.2, -0.15) is 17.7 Å². The van der Waals surface area contributed by atoms with E-state index in [-0.39, 0.29) is 33.3 Å². The summed E-state index contributed by atoms with van der Waals surface area (Å²) in [5.41, 5.74) is 13.7. The van der Waals surface area contributed by atoms with Crippen LogP contribution in [0, 0.1) is 19.4 Å². The van der Waals surface area contributed by atoms with Gasteiger partial charge >= 0.3 is 0 Å². The summed E-state index contributed by atoms with van der Waals surface area (Å²) in [5.74, 6) is 0.560. The first-order valence-corrected chi connectivity index (χ1v) is 14.5. The largest absolute Gasteiger partial charge is 0.677 e. The Bertz CT molecular complexity index is 970. The molecule has 4 rings (SSSR count). The van der Waals surface area contributed by atoms with Crippen molar-refractivity contribution in [3.63, 3.8) is 0 Å². The third-order valence-electron chi connectivity index (χ3n) is 6.49. The average molecular weight is 704 g/mol. The second-order valence-corrected chi connectivity index (χ2v) is 10.4. The van der Waals surface area contributed by atoms with E-state index in [1.165, 1.54) is 65.1 Å². The van der Waals surface area contributed by atoms with E-state index < -0.39 is 0 Å². The molecule has 0 spiro atoms. The smallest absolute Gasteiger partial charge is 0.0477 e. The van der Waals surface area contributed by atoms with Gasteiger partial charge in [-0.15, -0.1) is 6.92 Å². The van der Waals surface area contributed by atoms with E-state index in [0.29, 0.717) is 12.5 Å². The number of nitrogens with one attached hydrogen (secondary N) is 1. The molecule has 1 N–H and O–H groups in total. The van der Waals surface area contributed by atoms with Crippen LogP contribution in [-0.4, -0.2) is 16.8 Å². The number of hydrogen-bond donors (Lipinski definition) is 0. The van der Waals surface area contributed by atoms with Crippen LogP contribution in [0.5, 0.6) is 0 Å². The maximum absolute atomic E-state index is 6.88. The van der Waals surface area contributed by atoms with Crippen molar-refractivity contribution in [2.24, 2.45) is 5.92 Å². The minimum Gasteiger partial charge on any atom is -0.677 e. The molecule has 0 heterocycles. The van der Waals surface area contributed by atoms with Gasteiger partial charge in [0.1, 0.15) is 0 Å². The molecule has 3 heteroatoms. The third-order valence-corrected chi connectivity index (χ3v) is 6.96. The molecule has 0 amide bonds. The first kappa shape index (κ1) is 39.3. The quantitative estimate of drug-likeness (QED) is 0.133. The summed E-state index contributed by atoms with van der Waals surface area (Å²) < 4.78 is 0. The SMILES string of the molecule is CC1=[C-]C(C)C(C)=C1C.CCCCCCCC[NH-].[CH3-].[Hf].[SiH2]c1ccccc1.c1ccc(-c2ccccc2)cc1. The molecule has 1 nitrogen and oxygen atoms in total. The number of rotatable bonds is 7. The molecule has 0 saturated carbocycles. The Labute approximate surface area is 263 Å². The van der Waals surface area contributed by atoms with Crippen molar-refractivity contribution in [1.29, 1.82) is 0 Å². The molecule has 0 aromatic heterocycles. The van der Waals surface area contributed by atoms with Gasteiger partial charge in [0.25, 0.3) is 0 Å². The second kappa shape index (κ2) is 25.2. The molecule has 1 unspecified atom stereocenters. The van der Waals surface area contributed by atoms with E-state index in [1.54, 1.807) is 0 Å². The fourth-order valence-corrected chi connectivity index (χ4v) is 4.08. The van der Waals surface area contributed by atoms with E-state index in [9.17, 15) is 0 Å². The fraction of sp³-hybridized carbons (Fsp3) is 0.361. The normalized spacial score (nSPS) is 13.1. The van der Waals surface area contributed by atoms with Crippen LogP contribution >= 0.6 is 0 Å². The summed E-state index contributed by atoms with van der Waals surface area (Å²) in [6, 6.07) is 31.1. The molecule has 1 aliphatic carbocycles. The van der Waals surface area contributed by atoms with Crippen molar-refractivity contribution >= 4 is 15.4 Å². The molecule has 39 heavy (non-hydrogen) atoms. The van der Waals surface area contributed by atoms with Crippen LogP contribution in [0.2, 0.25) is 0 Å². The molecule has 1 aliphatic rings. The van der Waals surface area contributed by atoms with Gasteiger partial charge in [0.15, 0.2) is 0 Å². The first-order chi connectivity index (χ1) is 17.9. The Hall–Kier alpha value is -1.81. The van der Waals surface area contributed by atoms with E-state index in [2.05, 4.69) is 101 Å². The summed E-state index contributed by atoms with van der Waals surface area (Å²) in [7, 11) is 1.90. The van der Waals surface area contributed by atoms with Crippen LogP contribution in [0.25, 0.3) is 16.9 Å². The summed E-state index contributed by atoms with van der Waals surface area (Å²) in [4.78, 5) is 0. The predicted molar refractivity (Wildman–Crippen MR) is 175 cm³/mol. The molecule has 3 aromatic carbocycles. The minimum atomic E-state index is 0. The number of allylic oxidation sites excluding steroid dienone is 4. The van der Waals surface area contributed by atoms with Crippen molar-refractivity contribution < 1.29 is 25.8 Å². The van der Waals surface area contributed by atoms with Crippen molar-refractivity contribution in [1.82, 2.24) is 0 Å². The van der Waals surface area contributed by atoms with Crippen molar-refractivity contribution in [2.45, 2.75) is 73.1 Å². The first-order valence-electron chi connectivity index (χ1n) is 13.8. The van der Waals surface area contributed by atoms with Gasteiger partial charge in [-0.1, -0.05) is 168 Å². The van der Waals surface area contributed by atoms with Gasteiger partial charge in [-0.25, -0.2) is 5.57 Å². The van der Waals surface area contributed by atoms with Gasteiger partial charge in [-0.05, 0) is 11.1 Å². The Kier molecular flexibility index (Phi) is 25.4. The molecule has 3 aromatic rings. The molecular weight excluding hydrogens is 653 g/mol. The zero-order chi connectivity index (χ0) is 27.3. The van der Waals surface area contributed by atoms with E-state index in [0.717, 1.165) is 6.42 Å². The van der Waals surface area contributed by atoms with E-state index in [1.807, 2.05) is 40.6 Å². The molecule has 0 saturated heterocycles. The molecule has 0 bridgehead atoms. The number of hydrogen-bond acceptors (Lipinski definition) is 0. The predicted octanol–water partition coefficient (Wildman–Crippen LogP) is 9.87. The zero-order valence-electron chi connectivity index (χ0n) is 25.4. The standard InChI is InChI=1S/C12H10.C9H13.C8H18N.C6H7Si.CH3.Hf/c1-3-7-11(8-4-1)12-9-5-2-6-10-12;1-6-5-7(2)9(4)8(6)3;1-2-3-4-5-6-7-8-9;7-6-4-2-1-3-5-6;;/h1-10H;6H,1-4H3;9H,2-8H2,1H3;1-5H,7H2;1H3;/q;2*-1;;-1;. The molecule has 1 radical (unpaired) electrons. The van der Waals surface area contributed by atoms with Crippen LogP contribution in [0.3, 0.4) is 0 Å². The number of unbranched alkanes of at least 4 members (excludes halogenated alkanes) is 5. The molecule has 1 atom stereocenters. The third kappa shape index (κ3) is 18.2. The molecule has 211 valence electrons. The molecular formula is C36H51HfNSi-3. The Morgan fingerprint density at radius 1 is 0.692 bits per heavy atom. The van der Waals surface area contributed by atoms with Gasteiger partial charge in [0, 0.05) is 36.1 Å². The van der Waals surface area contributed by atoms with Crippen LogP contribution < -0.4 is 5.19 Å². The van der Waals surface area contributed by atoms with Gasteiger partial charge in [0.05, 0.1) is 0 Å². The van der Waals surface area contributed by atoms with E-state index >= 15 is 0 Å².